The van der Waals surface area contributed by atoms with Crippen molar-refractivity contribution in [2.75, 3.05) is 46.4 Å². The fourth-order valence-electron chi connectivity index (χ4n) is 10.5. The van der Waals surface area contributed by atoms with E-state index in [1.807, 2.05) is 37.3 Å². The number of oxime groups is 1. The van der Waals surface area contributed by atoms with Gasteiger partial charge in [0.2, 0.25) is 12.6 Å². The van der Waals surface area contributed by atoms with Gasteiger partial charge in [-0.15, -0.1) is 6.58 Å². The summed E-state index contributed by atoms with van der Waals surface area (Å²) in [6, 6.07) is 10.3. The predicted octanol–water partition coefficient (Wildman–Crippen LogP) is 10.7. The molecular weight excluding hydrogens is 855 g/mol. The molecule has 0 aromatic heterocycles. The summed E-state index contributed by atoms with van der Waals surface area (Å²) in [4.78, 5) is 35.4. The summed E-state index contributed by atoms with van der Waals surface area (Å²) < 4.78 is 37.6. The van der Waals surface area contributed by atoms with Crippen molar-refractivity contribution in [3.05, 3.63) is 71.8 Å². The van der Waals surface area contributed by atoms with Crippen LogP contribution < -0.4 is 24.3 Å². The number of nitrogens with zero attached hydrogens (tertiary/aromatic N) is 2. The van der Waals surface area contributed by atoms with Crippen LogP contribution in [0.25, 0.3) is 0 Å². The Morgan fingerprint density at radius 1 is 0.866 bits per heavy atom. The van der Waals surface area contributed by atoms with Gasteiger partial charge >= 0.3 is 12.2 Å². The molecule has 1 fully saturated rings. The third-order valence-electron chi connectivity index (χ3n) is 13.6. The lowest BCUT2D eigenvalue weighted by atomic mass is 9.55. The number of hydrogen-bond acceptors (Lipinski definition) is 12. The number of aliphatic hydroxyl groups is 2. The van der Waals surface area contributed by atoms with E-state index in [0.717, 1.165) is 61.6 Å². The van der Waals surface area contributed by atoms with Gasteiger partial charge in [-0.3, -0.25) is 4.90 Å². The van der Waals surface area contributed by atoms with Gasteiger partial charge in [0, 0.05) is 44.2 Å². The number of rotatable bonds is 29. The number of benzene rings is 2. The summed E-state index contributed by atoms with van der Waals surface area (Å²) in [5, 5.41) is 27.7. The van der Waals surface area contributed by atoms with Crippen molar-refractivity contribution >= 4 is 17.9 Å². The molecule has 4 aliphatic rings. The lowest BCUT2D eigenvalue weighted by Gasteiger charge is -2.59. The molecule has 6 rings (SSSR count). The smallest absolute Gasteiger partial charge is 0.412 e. The van der Waals surface area contributed by atoms with Crippen molar-refractivity contribution in [1.29, 1.82) is 0 Å². The predicted molar refractivity (Wildman–Crippen MR) is 258 cm³/mol. The van der Waals surface area contributed by atoms with Gasteiger partial charge < -0.3 is 48.8 Å². The SMILES string of the molecule is C=CCO[C@@]12Oc3ccc(OC(=O)NCCCCCCCCCCCC)cc3[C@H]3[C@H](CCCCO)[C@@H](CCCCO)C=C(C(=NOCC)C[C@@H]1N(Cc1ccc4c(c1)OCO4)C(=O)OCC)[C@H]32. The normalized spacial score (nSPS) is 22.8. The lowest BCUT2D eigenvalue weighted by Crippen LogP contribution is -2.70. The molecule has 14 heteroatoms. The van der Waals surface area contributed by atoms with Crippen LogP contribution in [0.2, 0.25) is 0 Å². The third kappa shape index (κ3) is 13.3. The topological polar surface area (TPSA) is 167 Å². The molecule has 67 heavy (non-hydrogen) atoms. The Morgan fingerprint density at radius 3 is 2.30 bits per heavy atom. The van der Waals surface area contributed by atoms with Gasteiger partial charge in [0.1, 0.15) is 24.1 Å². The molecule has 2 heterocycles. The Labute approximate surface area is 398 Å². The number of aliphatic hydroxyl groups excluding tert-OH is 2. The van der Waals surface area contributed by atoms with Crippen LogP contribution >= 0.6 is 0 Å². The van der Waals surface area contributed by atoms with Crippen LogP contribution in [-0.2, 0) is 20.9 Å². The zero-order valence-corrected chi connectivity index (χ0v) is 40.4. The number of nitrogens with one attached hydrogen (secondary N) is 1. The maximum absolute atomic E-state index is 14.5. The Morgan fingerprint density at radius 2 is 1.58 bits per heavy atom. The largest absolute Gasteiger partial charge is 0.459 e. The van der Waals surface area contributed by atoms with Crippen LogP contribution in [-0.4, -0.2) is 91.2 Å². The number of ether oxygens (including phenoxy) is 6. The monoisotopic (exact) mass is 932 g/mol. The first kappa shape index (κ1) is 51.6. The van der Waals surface area contributed by atoms with Crippen LogP contribution in [0, 0.1) is 17.8 Å². The van der Waals surface area contributed by atoms with Crippen LogP contribution in [0.4, 0.5) is 9.59 Å². The maximum atomic E-state index is 14.5. The maximum Gasteiger partial charge on any atom is 0.412 e. The Bertz CT molecular complexity index is 1960. The minimum absolute atomic E-state index is 0.00855. The number of amides is 2. The van der Waals surface area contributed by atoms with Gasteiger partial charge in [-0.25, -0.2) is 9.59 Å². The summed E-state index contributed by atoms with van der Waals surface area (Å²) >= 11 is 0. The van der Waals surface area contributed by atoms with Gasteiger partial charge in [-0.05, 0) is 99.3 Å². The van der Waals surface area contributed by atoms with E-state index in [9.17, 15) is 19.8 Å². The molecule has 0 radical (unpaired) electrons. The van der Waals surface area contributed by atoms with Crippen molar-refractivity contribution < 1.29 is 53.1 Å². The lowest BCUT2D eigenvalue weighted by molar-refractivity contribution is -0.256. The fraction of sp³-hybridized carbons (Fsp3) is 0.642. The molecule has 0 unspecified atom stereocenters. The Hall–Kier alpha value is -4.79. The average molecular weight is 932 g/mol. The second-order valence-corrected chi connectivity index (χ2v) is 18.2. The minimum atomic E-state index is -1.49. The molecular formula is C53H77N3O11. The zero-order chi connectivity index (χ0) is 47.4. The highest BCUT2D eigenvalue weighted by molar-refractivity contribution is 6.03. The second kappa shape index (κ2) is 26.7. The molecule has 14 nitrogen and oxygen atoms in total. The van der Waals surface area contributed by atoms with E-state index >= 15 is 0 Å². The summed E-state index contributed by atoms with van der Waals surface area (Å²) in [7, 11) is 0. The number of carbonyl (C=O) groups excluding carboxylic acids is 2. The number of carbonyl (C=O) groups is 2. The minimum Gasteiger partial charge on any atom is -0.459 e. The molecule has 1 saturated carbocycles. The first-order valence-corrected chi connectivity index (χ1v) is 25.3. The molecule has 6 atom stereocenters. The van der Waals surface area contributed by atoms with E-state index in [0.29, 0.717) is 54.7 Å². The van der Waals surface area contributed by atoms with E-state index in [-0.39, 0.29) is 63.9 Å². The van der Waals surface area contributed by atoms with E-state index in [2.05, 4.69) is 24.9 Å². The molecule has 2 amide bonds. The Kier molecular flexibility index (Phi) is 20.5. The highest BCUT2D eigenvalue weighted by Crippen LogP contribution is 2.62. The third-order valence-corrected chi connectivity index (χ3v) is 13.6. The number of fused-ring (bicyclic) bond motifs is 3. The summed E-state index contributed by atoms with van der Waals surface area (Å²) in [6.45, 7) is 11.4. The van der Waals surface area contributed by atoms with Crippen molar-refractivity contribution in [1.82, 2.24) is 10.2 Å². The molecule has 0 saturated heterocycles. The van der Waals surface area contributed by atoms with Crippen LogP contribution in [0.15, 0.2) is 65.9 Å². The van der Waals surface area contributed by atoms with E-state index in [4.69, 9.17) is 38.4 Å². The fourth-order valence-corrected chi connectivity index (χ4v) is 10.5. The van der Waals surface area contributed by atoms with E-state index in [1.54, 1.807) is 24.0 Å². The molecule has 2 aliphatic heterocycles. The molecule has 0 bridgehead atoms. The highest BCUT2D eigenvalue weighted by Gasteiger charge is 2.65. The van der Waals surface area contributed by atoms with Crippen LogP contribution in [0.1, 0.15) is 147 Å². The van der Waals surface area contributed by atoms with Crippen molar-refractivity contribution in [2.24, 2.45) is 22.9 Å². The number of hydrogen-bond donors (Lipinski definition) is 3. The number of unbranched alkanes of at least 4 members (excludes halogenated alkanes) is 11. The van der Waals surface area contributed by atoms with Gasteiger partial charge in [0.25, 0.3) is 0 Å². The van der Waals surface area contributed by atoms with Crippen molar-refractivity contribution in [3.63, 3.8) is 0 Å². The van der Waals surface area contributed by atoms with Gasteiger partial charge in [0.05, 0.1) is 24.8 Å². The molecule has 2 aromatic rings. The summed E-state index contributed by atoms with van der Waals surface area (Å²) in [5.41, 5.74) is 3.22. The molecule has 0 spiro atoms. The first-order chi connectivity index (χ1) is 32.8. The molecule has 2 aromatic carbocycles. The van der Waals surface area contributed by atoms with Gasteiger partial charge in [0.15, 0.2) is 11.5 Å². The van der Waals surface area contributed by atoms with Gasteiger partial charge in [-0.1, -0.05) is 101 Å². The quantitative estimate of drug-likeness (QED) is 0.0404. The highest BCUT2D eigenvalue weighted by atomic mass is 16.7. The second-order valence-electron chi connectivity index (χ2n) is 18.2. The molecule has 2 aliphatic carbocycles. The van der Waals surface area contributed by atoms with Crippen LogP contribution in [0.5, 0.6) is 23.0 Å². The number of allylic oxidation sites excluding steroid dienone is 1. The first-order valence-electron chi connectivity index (χ1n) is 25.3. The standard InChI is InChI=1S/C53H77N3O11/c1-5-9-10-11-12-13-14-15-16-19-28-54-51(59)66-40-25-27-45-43(34-40)49-41(23-18-21-30-58)39(22-17-20-29-57)33-42-44(55-65-8-4)35-48(53(67-45,50(42)49)64-31-6-2)56(52(60)61-7-3)36-38-24-26-46-47(32-38)63-37-62-46/h6,24-27,32-34,39,41,48-50,57-58H,2,5,7-23,28-31,35-37H2,1,3-4H3,(H,54,59)/t39-,41+,48-,49+,50+,53+/m0/s1. The zero-order valence-electron chi connectivity index (χ0n) is 40.4. The van der Waals surface area contributed by atoms with E-state index < -0.39 is 29.9 Å². The molecule has 370 valence electrons. The summed E-state index contributed by atoms with van der Waals surface area (Å²) in [6.07, 6.45) is 19.6. The average Bonchev–Trinajstić information content (AvgIpc) is 3.81. The van der Waals surface area contributed by atoms with Crippen molar-refractivity contribution in [3.8, 4) is 23.0 Å². The van der Waals surface area contributed by atoms with E-state index in [1.165, 1.54) is 44.9 Å². The van der Waals surface area contributed by atoms with Gasteiger partial charge in [-0.2, -0.15) is 0 Å². The molecule has 3 N–H and O–H groups in total. The summed E-state index contributed by atoms with van der Waals surface area (Å²) in [5.74, 6) is -0.152. The Balaban J connectivity index is 1.39. The van der Waals surface area contributed by atoms with Crippen LogP contribution in [0.3, 0.4) is 0 Å². The van der Waals surface area contributed by atoms with Crippen molar-refractivity contribution in [2.45, 2.75) is 154 Å².